The van der Waals surface area contributed by atoms with Gasteiger partial charge in [-0.15, -0.1) is 0 Å². The number of rotatable bonds is 6. The molecule has 2 aliphatic rings. The molecule has 0 aromatic heterocycles. The number of carbonyl (C=O) groups is 2. The lowest BCUT2D eigenvalue weighted by Crippen LogP contribution is -2.55. The number of likely N-dealkylation sites (tertiary alicyclic amines) is 2. The lowest BCUT2D eigenvalue weighted by atomic mass is 9.88. The van der Waals surface area contributed by atoms with E-state index in [2.05, 4.69) is 15.5 Å². The lowest BCUT2D eigenvalue weighted by Gasteiger charge is -2.38. The van der Waals surface area contributed by atoms with Crippen LogP contribution in [0.3, 0.4) is 0 Å². The maximum Gasteiger partial charge on any atom is 0.252 e. The number of thiocarbonyl (C=S) groups is 1. The van der Waals surface area contributed by atoms with Gasteiger partial charge in [0.2, 0.25) is 5.91 Å². The first-order valence-corrected chi connectivity index (χ1v) is 11.2. The van der Waals surface area contributed by atoms with Crippen LogP contribution in [0.4, 0.5) is 0 Å². The Morgan fingerprint density at radius 2 is 1.87 bits per heavy atom. The minimum atomic E-state index is -0.517. The second-order valence-corrected chi connectivity index (χ2v) is 8.26. The average Bonchev–Trinajstić information content (AvgIpc) is 3.32. The van der Waals surface area contributed by atoms with Crippen molar-refractivity contribution in [3.8, 4) is 5.75 Å². The molecule has 2 aliphatic heterocycles. The van der Waals surface area contributed by atoms with E-state index in [9.17, 15) is 9.59 Å². The molecule has 0 radical (unpaired) electrons. The van der Waals surface area contributed by atoms with Crippen molar-refractivity contribution in [2.45, 2.75) is 38.6 Å². The molecule has 0 bridgehead atoms. The normalized spacial score (nSPS) is 18.1. The fourth-order valence-corrected chi connectivity index (χ4v) is 4.53. The van der Waals surface area contributed by atoms with Crippen LogP contribution in [0.5, 0.6) is 5.75 Å². The van der Waals surface area contributed by atoms with E-state index < -0.39 is 6.04 Å². The molecule has 2 fully saturated rings. The Bertz CT molecular complexity index is 759. The summed E-state index contributed by atoms with van der Waals surface area (Å²) in [5, 5.41) is 7.00. The molecule has 1 unspecified atom stereocenters. The maximum absolute atomic E-state index is 13.3. The van der Waals surface area contributed by atoms with Crippen molar-refractivity contribution in [2.75, 3.05) is 39.8 Å². The molecule has 2 N–H and O–H groups in total. The van der Waals surface area contributed by atoms with Gasteiger partial charge in [0.05, 0.1) is 7.11 Å². The summed E-state index contributed by atoms with van der Waals surface area (Å²) in [6.45, 7) is 5.94. The van der Waals surface area contributed by atoms with Gasteiger partial charge >= 0.3 is 0 Å². The standard InChI is InChI=1S/C22H32N4O3S/c1-3-23-22(30)26-13-9-16(10-14-26)19(21(28)25-11-4-5-12-25)24-20(27)17-7-6-8-18(15-17)29-2/h6-8,15-16,19H,3-5,9-14H2,1-2H3,(H,23,30)(H,24,27). The lowest BCUT2D eigenvalue weighted by molar-refractivity contribution is -0.134. The number of ether oxygens (including phenoxy) is 1. The van der Waals surface area contributed by atoms with Crippen LogP contribution >= 0.6 is 12.2 Å². The quantitative estimate of drug-likeness (QED) is 0.670. The van der Waals surface area contributed by atoms with Gasteiger partial charge in [0.1, 0.15) is 11.8 Å². The number of piperidine rings is 1. The highest BCUT2D eigenvalue weighted by Gasteiger charge is 2.36. The summed E-state index contributed by atoms with van der Waals surface area (Å²) in [5.41, 5.74) is 0.499. The van der Waals surface area contributed by atoms with Gasteiger partial charge in [-0.1, -0.05) is 6.07 Å². The van der Waals surface area contributed by atoms with Crippen LogP contribution in [-0.4, -0.2) is 72.6 Å². The number of hydrogen-bond donors (Lipinski definition) is 2. The molecule has 2 amide bonds. The Morgan fingerprint density at radius 3 is 2.50 bits per heavy atom. The van der Waals surface area contributed by atoms with Crippen molar-refractivity contribution in [1.82, 2.24) is 20.4 Å². The van der Waals surface area contributed by atoms with E-state index in [1.807, 2.05) is 11.8 Å². The van der Waals surface area contributed by atoms with Crippen LogP contribution < -0.4 is 15.4 Å². The van der Waals surface area contributed by atoms with E-state index in [0.29, 0.717) is 11.3 Å². The fraction of sp³-hybridized carbons (Fsp3) is 0.591. The van der Waals surface area contributed by atoms with Gasteiger partial charge in [0.15, 0.2) is 5.11 Å². The van der Waals surface area contributed by atoms with Crippen LogP contribution in [0, 0.1) is 5.92 Å². The highest BCUT2D eigenvalue weighted by Crippen LogP contribution is 2.24. The number of nitrogens with zero attached hydrogens (tertiary/aromatic N) is 2. The van der Waals surface area contributed by atoms with Gasteiger partial charge < -0.3 is 25.2 Å². The number of methoxy groups -OCH3 is 1. The van der Waals surface area contributed by atoms with Crippen molar-refractivity contribution >= 4 is 29.1 Å². The van der Waals surface area contributed by atoms with Crippen LogP contribution in [0.1, 0.15) is 43.0 Å². The first kappa shape index (κ1) is 22.3. The Kier molecular flexibility index (Phi) is 7.90. The van der Waals surface area contributed by atoms with Gasteiger partial charge in [-0.2, -0.15) is 0 Å². The minimum absolute atomic E-state index is 0.0384. The third-order valence-electron chi connectivity index (χ3n) is 5.93. The van der Waals surface area contributed by atoms with E-state index in [1.165, 1.54) is 0 Å². The zero-order valence-electron chi connectivity index (χ0n) is 17.9. The van der Waals surface area contributed by atoms with Gasteiger partial charge in [-0.3, -0.25) is 9.59 Å². The van der Waals surface area contributed by atoms with Crippen molar-refractivity contribution in [3.63, 3.8) is 0 Å². The van der Waals surface area contributed by atoms with Crippen LogP contribution in [-0.2, 0) is 4.79 Å². The Balaban J connectivity index is 1.71. The zero-order chi connectivity index (χ0) is 21.5. The van der Waals surface area contributed by atoms with Gasteiger partial charge in [-0.25, -0.2) is 0 Å². The van der Waals surface area contributed by atoms with E-state index in [-0.39, 0.29) is 17.7 Å². The molecule has 8 heteroatoms. The maximum atomic E-state index is 13.3. The summed E-state index contributed by atoms with van der Waals surface area (Å²) in [6, 6.07) is 6.51. The molecule has 3 rings (SSSR count). The Morgan fingerprint density at radius 1 is 1.17 bits per heavy atom. The van der Waals surface area contributed by atoms with Gasteiger partial charge in [0.25, 0.3) is 5.91 Å². The molecule has 0 spiro atoms. The van der Waals surface area contributed by atoms with Crippen molar-refractivity contribution in [1.29, 1.82) is 0 Å². The largest absolute Gasteiger partial charge is 0.497 e. The Labute approximate surface area is 184 Å². The summed E-state index contributed by atoms with van der Waals surface area (Å²) in [6.07, 6.45) is 3.68. The summed E-state index contributed by atoms with van der Waals surface area (Å²) >= 11 is 5.43. The molecule has 0 saturated carbocycles. The van der Waals surface area contributed by atoms with Crippen LogP contribution in [0.15, 0.2) is 24.3 Å². The number of amides is 2. The van der Waals surface area contributed by atoms with Gasteiger partial charge in [-0.05, 0) is 68.9 Å². The number of carbonyl (C=O) groups excluding carboxylic acids is 2. The third kappa shape index (κ3) is 5.41. The predicted molar refractivity (Wildman–Crippen MR) is 121 cm³/mol. The summed E-state index contributed by atoms with van der Waals surface area (Å²) < 4.78 is 5.23. The molecule has 1 aromatic carbocycles. The molecule has 7 nitrogen and oxygen atoms in total. The zero-order valence-corrected chi connectivity index (χ0v) is 18.7. The first-order valence-electron chi connectivity index (χ1n) is 10.8. The average molecular weight is 433 g/mol. The molecule has 164 valence electrons. The molecule has 1 atom stereocenters. The topological polar surface area (TPSA) is 73.9 Å². The molecule has 0 aliphatic carbocycles. The van der Waals surface area contributed by atoms with E-state index in [1.54, 1.807) is 31.4 Å². The number of nitrogens with one attached hydrogen (secondary N) is 2. The van der Waals surface area contributed by atoms with Crippen molar-refractivity contribution in [3.05, 3.63) is 29.8 Å². The second kappa shape index (κ2) is 10.6. The summed E-state index contributed by atoms with van der Waals surface area (Å²) in [5.74, 6) is 0.511. The van der Waals surface area contributed by atoms with E-state index in [4.69, 9.17) is 17.0 Å². The molecular formula is C22H32N4O3S. The van der Waals surface area contributed by atoms with Crippen molar-refractivity contribution < 1.29 is 14.3 Å². The summed E-state index contributed by atoms with van der Waals surface area (Å²) in [4.78, 5) is 30.3. The molecule has 1 aromatic rings. The molecule has 2 heterocycles. The third-order valence-corrected chi connectivity index (χ3v) is 6.33. The SMILES string of the molecule is CCNC(=S)N1CCC(C(NC(=O)c2cccc(OC)c2)C(=O)N2CCCC2)CC1. The van der Waals surface area contributed by atoms with E-state index in [0.717, 1.165) is 63.5 Å². The van der Waals surface area contributed by atoms with Crippen LogP contribution in [0.2, 0.25) is 0 Å². The monoisotopic (exact) mass is 432 g/mol. The highest BCUT2D eigenvalue weighted by atomic mass is 32.1. The molecule has 30 heavy (non-hydrogen) atoms. The minimum Gasteiger partial charge on any atom is -0.497 e. The Hall–Kier alpha value is -2.35. The van der Waals surface area contributed by atoms with Crippen LogP contribution in [0.25, 0.3) is 0 Å². The highest BCUT2D eigenvalue weighted by molar-refractivity contribution is 7.80. The molecule has 2 saturated heterocycles. The molecular weight excluding hydrogens is 400 g/mol. The van der Waals surface area contributed by atoms with Crippen molar-refractivity contribution in [2.24, 2.45) is 5.92 Å². The fourth-order valence-electron chi connectivity index (χ4n) is 4.20. The number of hydrogen-bond acceptors (Lipinski definition) is 4. The smallest absolute Gasteiger partial charge is 0.252 e. The number of benzene rings is 1. The summed E-state index contributed by atoms with van der Waals surface area (Å²) in [7, 11) is 1.57. The van der Waals surface area contributed by atoms with E-state index >= 15 is 0 Å². The predicted octanol–water partition coefficient (Wildman–Crippen LogP) is 2.02. The van der Waals surface area contributed by atoms with Gasteiger partial charge in [0, 0.05) is 38.3 Å². The second-order valence-electron chi connectivity index (χ2n) is 7.88. The first-order chi connectivity index (χ1) is 14.5.